The first-order chi connectivity index (χ1) is 9.67. The highest BCUT2D eigenvalue weighted by Crippen LogP contribution is 2.23. The molecule has 1 aromatic carbocycles. The summed E-state index contributed by atoms with van der Waals surface area (Å²) in [5, 5.41) is 4.05. The summed E-state index contributed by atoms with van der Waals surface area (Å²) in [5.74, 6) is 1.64. The smallest absolute Gasteiger partial charge is 0.139 e. The van der Waals surface area contributed by atoms with Crippen molar-refractivity contribution in [3.05, 3.63) is 52.6 Å². The Bertz CT molecular complexity index is 558. The third-order valence-electron chi connectivity index (χ3n) is 2.69. The number of aryl methyl sites for hydroxylation is 1. The number of hydrogen-bond donors (Lipinski definition) is 1. The number of aromatic nitrogens is 2. The molecule has 0 saturated heterocycles. The molecule has 0 unspecified atom stereocenters. The van der Waals surface area contributed by atoms with Gasteiger partial charge in [-0.25, -0.2) is 9.97 Å². The van der Waals surface area contributed by atoms with Crippen LogP contribution in [0, 0.1) is 6.92 Å². The lowest BCUT2D eigenvalue weighted by Gasteiger charge is -2.06. The minimum absolute atomic E-state index is 0.758. The van der Waals surface area contributed by atoms with Crippen molar-refractivity contribution in [1.29, 1.82) is 0 Å². The van der Waals surface area contributed by atoms with Gasteiger partial charge in [0.1, 0.15) is 5.82 Å². The van der Waals surface area contributed by atoms with Gasteiger partial charge in [0.05, 0.1) is 11.4 Å². The Morgan fingerprint density at radius 3 is 2.65 bits per heavy atom. The minimum atomic E-state index is 0.758. The summed E-state index contributed by atoms with van der Waals surface area (Å²) in [6.45, 7) is 5.83. The van der Waals surface area contributed by atoms with Crippen LogP contribution in [0.15, 0.2) is 35.2 Å². The first-order valence-corrected chi connectivity index (χ1v) is 7.96. The standard InChI is InChI=1S/C15H18ClN3S/c1-3-17-9-13-8-11(2)18-15(19-13)10-20-14-6-4-12(16)5-7-14/h4-8,17H,3,9-10H2,1-2H3. The van der Waals surface area contributed by atoms with E-state index in [9.17, 15) is 0 Å². The van der Waals surface area contributed by atoms with E-state index in [4.69, 9.17) is 11.6 Å². The van der Waals surface area contributed by atoms with Gasteiger partial charge >= 0.3 is 0 Å². The number of nitrogens with one attached hydrogen (secondary N) is 1. The molecule has 0 radical (unpaired) electrons. The Balaban J connectivity index is 2.01. The maximum Gasteiger partial charge on any atom is 0.139 e. The average molecular weight is 308 g/mol. The van der Waals surface area contributed by atoms with Crippen LogP contribution < -0.4 is 5.32 Å². The molecule has 1 N–H and O–H groups in total. The number of rotatable bonds is 6. The van der Waals surface area contributed by atoms with Gasteiger partial charge in [-0.05, 0) is 43.8 Å². The summed E-state index contributed by atoms with van der Waals surface area (Å²) < 4.78 is 0. The average Bonchev–Trinajstić information content (AvgIpc) is 2.44. The Morgan fingerprint density at radius 2 is 1.95 bits per heavy atom. The van der Waals surface area contributed by atoms with E-state index in [0.717, 1.165) is 41.1 Å². The van der Waals surface area contributed by atoms with Crippen LogP contribution in [-0.2, 0) is 12.3 Å². The summed E-state index contributed by atoms with van der Waals surface area (Å²) in [6.07, 6.45) is 0. The number of benzene rings is 1. The fourth-order valence-corrected chi connectivity index (χ4v) is 2.67. The van der Waals surface area contributed by atoms with E-state index in [1.165, 1.54) is 4.90 Å². The van der Waals surface area contributed by atoms with Crippen LogP contribution in [0.4, 0.5) is 0 Å². The second-order valence-corrected chi connectivity index (χ2v) is 5.93. The zero-order valence-corrected chi connectivity index (χ0v) is 13.3. The molecule has 0 atom stereocenters. The second kappa shape index (κ2) is 7.62. The molecule has 0 fully saturated rings. The third-order valence-corrected chi connectivity index (χ3v) is 3.95. The second-order valence-electron chi connectivity index (χ2n) is 4.44. The lowest BCUT2D eigenvalue weighted by Crippen LogP contribution is -2.14. The van der Waals surface area contributed by atoms with Crippen molar-refractivity contribution in [2.45, 2.75) is 31.0 Å². The van der Waals surface area contributed by atoms with Gasteiger partial charge in [0.15, 0.2) is 0 Å². The molecule has 5 heteroatoms. The van der Waals surface area contributed by atoms with Crippen LogP contribution in [0.5, 0.6) is 0 Å². The zero-order valence-electron chi connectivity index (χ0n) is 11.7. The highest BCUT2D eigenvalue weighted by molar-refractivity contribution is 7.98. The lowest BCUT2D eigenvalue weighted by atomic mass is 10.3. The Kier molecular flexibility index (Phi) is 5.83. The van der Waals surface area contributed by atoms with Crippen molar-refractivity contribution >= 4 is 23.4 Å². The van der Waals surface area contributed by atoms with Crippen LogP contribution in [0.2, 0.25) is 5.02 Å². The molecule has 0 bridgehead atoms. The first-order valence-electron chi connectivity index (χ1n) is 6.60. The van der Waals surface area contributed by atoms with Gasteiger partial charge in [-0.15, -0.1) is 11.8 Å². The number of nitrogens with zero attached hydrogens (tertiary/aromatic N) is 2. The minimum Gasteiger partial charge on any atom is -0.311 e. The fraction of sp³-hybridized carbons (Fsp3) is 0.333. The van der Waals surface area contributed by atoms with E-state index in [2.05, 4.69) is 22.2 Å². The van der Waals surface area contributed by atoms with Gasteiger partial charge in [-0.3, -0.25) is 0 Å². The number of hydrogen-bond acceptors (Lipinski definition) is 4. The molecule has 0 aliphatic heterocycles. The molecule has 2 aromatic rings. The van der Waals surface area contributed by atoms with Crippen molar-refractivity contribution in [2.75, 3.05) is 6.54 Å². The maximum absolute atomic E-state index is 5.88. The van der Waals surface area contributed by atoms with Crippen LogP contribution in [-0.4, -0.2) is 16.5 Å². The SMILES string of the molecule is CCNCc1cc(C)nc(CSc2ccc(Cl)cc2)n1. The molecule has 0 aliphatic carbocycles. The molecule has 1 aromatic heterocycles. The van der Waals surface area contributed by atoms with E-state index in [0.29, 0.717) is 0 Å². The molecule has 2 rings (SSSR count). The number of thioether (sulfide) groups is 1. The van der Waals surface area contributed by atoms with Crippen LogP contribution in [0.1, 0.15) is 24.1 Å². The monoisotopic (exact) mass is 307 g/mol. The third kappa shape index (κ3) is 4.78. The maximum atomic E-state index is 5.88. The van der Waals surface area contributed by atoms with Crippen molar-refractivity contribution in [3.63, 3.8) is 0 Å². The fourth-order valence-electron chi connectivity index (χ4n) is 1.79. The predicted molar refractivity (Wildman–Crippen MR) is 85.2 cm³/mol. The van der Waals surface area contributed by atoms with Gasteiger partial charge in [-0.1, -0.05) is 18.5 Å². The normalized spacial score (nSPS) is 10.8. The van der Waals surface area contributed by atoms with E-state index < -0.39 is 0 Å². The van der Waals surface area contributed by atoms with E-state index in [1.807, 2.05) is 37.3 Å². The molecule has 0 aliphatic rings. The molecular weight excluding hydrogens is 290 g/mol. The van der Waals surface area contributed by atoms with E-state index in [-0.39, 0.29) is 0 Å². The van der Waals surface area contributed by atoms with Gasteiger partial charge < -0.3 is 5.32 Å². The van der Waals surface area contributed by atoms with Gasteiger partial charge in [0.2, 0.25) is 0 Å². The molecule has 0 amide bonds. The number of halogens is 1. The van der Waals surface area contributed by atoms with E-state index >= 15 is 0 Å². The molecule has 1 heterocycles. The van der Waals surface area contributed by atoms with Crippen molar-refractivity contribution in [1.82, 2.24) is 15.3 Å². The van der Waals surface area contributed by atoms with Gasteiger partial charge in [0, 0.05) is 22.2 Å². The zero-order chi connectivity index (χ0) is 14.4. The van der Waals surface area contributed by atoms with Crippen molar-refractivity contribution in [2.24, 2.45) is 0 Å². The lowest BCUT2D eigenvalue weighted by molar-refractivity contribution is 0.702. The summed E-state index contributed by atoms with van der Waals surface area (Å²) in [6, 6.07) is 9.86. The Labute approximate surface area is 129 Å². The highest BCUT2D eigenvalue weighted by Gasteiger charge is 2.03. The van der Waals surface area contributed by atoms with Crippen LogP contribution in [0.3, 0.4) is 0 Å². The molecule has 20 heavy (non-hydrogen) atoms. The van der Waals surface area contributed by atoms with Crippen molar-refractivity contribution in [3.8, 4) is 0 Å². The van der Waals surface area contributed by atoms with Gasteiger partial charge in [0.25, 0.3) is 0 Å². The van der Waals surface area contributed by atoms with Crippen LogP contribution >= 0.6 is 23.4 Å². The van der Waals surface area contributed by atoms with E-state index in [1.54, 1.807) is 11.8 Å². The first kappa shape index (κ1) is 15.3. The topological polar surface area (TPSA) is 37.8 Å². The molecule has 0 spiro atoms. The molecule has 3 nitrogen and oxygen atoms in total. The predicted octanol–water partition coefficient (Wildman–Crippen LogP) is 3.84. The molecule has 106 valence electrons. The highest BCUT2D eigenvalue weighted by atomic mass is 35.5. The van der Waals surface area contributed by atoms with Gasteiger partial charge in [-0.2, -0.15) is 0 Å². The quantitative estimate of drug-likeness (QED) is 0.823. The molecular formula is C15H18ClN3S. The van der Waals surface area contributed by atoms with Crippen LogP contribution in [0.25, 0.3) is 0 Å². The Morgan fingerprint density at radius 1 is 1.20 bits per heavy atom. The summed E-state index contributed by atoms with van der Waals surface area (Å²) in [7, 11) is 0. The van der Waals surface area contributed by atoms with Crippen molar-refractivity contribution < 1.29 is 0 Å². The summed E-state index contributed by atoms with van der Waals surface area (Å²) in [4.78, 5) is 10.2. The Hall–Kier alpha value is -1.10. The molecule has 0 saturated carbocycles. The largest absolute Gasteiger partial charge is 0.311 e. The summed E-state index contributed by atoms with van der Waals surface area (Å²) >= 11 is 7.60. The summed E-state index contributed by atoms with van der Waals surface area (Å²) in [5.41, 5.74) is 2.06.